The van der Waals surface area contributed by atoms with E-state index in [0.29, 0.717) is 29.6 Å². The Hall–Kier alpha value is -2.52. The summed E-state index contributed by atoms with van der Waals surface area (Å²) in [6.07, 6.45) is 1.01. The topological polar surface area (TPSA) is 58.7 Å². The van der Waals surface area contributed by atoms with E-state index in [9.17, 15) is 9.18 Å². The first kappa shape index (κ1) is 17.3. The number of nitriles is 1. The minimum absolute atomic E-state index is 0.0905. The molecule has 0 saturated carbocycles. The quantitative estimate of drug-likeness (QED) is 0.624. The number of rotatable bonds is 5. The molecule has 0 spiro atoms. The first-order valence-electron chi connectivity index (χ1n) is 8.17. The molecule has 0 amide bonds. The molecule has 0 aliphatic heterocycles. The summed E-state index contributed by atoms with van der Waals surface area (Å²) in [7, 11) is 0. The van der Waals surface area contributed by atoms with Gasteiger partial charge >= 0.3 is 0 Å². The second-order valence-electron chi connectivity index (χ2n) is 6.18. The van der Waals surface area contributed by atoms with Crippen molar-refractivity contribution in [3.8, 4) is 17.2 Å². The fraction of sp³-hybridized carbons (Fsp3) is 0.316. The SMILES string of the molecule is CC(C)c1nc2scc(-c3ccc(F)cc3)c2c(=O)n1CCCC#N. The summed E-state index contributed by atoms with van der Waals surface area (Å²) in [4.78, 5) is 18.5. The van der Waals surface area contributed by atoms with Crippen molar-refractivity contribution in [3.63, 3.8) is 0 Å². The summed E-state index contributed by atoms with van der Waals surface area (Å²) in [5.41, 5.74) is 1.49. The van der Waals surface area contributed by atoms with Gasteiger partial charge in [-0.05, 0) is 24.1 Å². The Morgan fingerprint density at radius 3 is 2.68 bits per heavy atom. The van der Waals surface area contributed by atoms with Crippen LogP contribution in [0.4, 0.5) is 4.39 Å². The molecule has 128 valence electrons. The molecule has 0 bridgehead atoms. The van der Waals surface area contributed by atoms with Gasteiger partial charge in [0.05, 0.1) is 11.5 Å². The number of unbranched alkanes of at least 4 members (excludes halogenated alkanes) is 1. The lowest BCUT2D eigenvalue weighted by Crippen LogP contribution is -2.26. The molecule has 0 unspecified atom stereocenters. The highest BCUT2D eigenvalue weighted by Crippen LogP contribution is 2.31. The predicted octanol–water partition coefficient (Wildman–Crippen LogP) is 4.69. The highest BCUT2D eigenvalue weighted by atomic mass is 32.1. The largest absolute Gasteiger partial charge is 0.296 e. The molecule has 3 aromatic rings. The number of benzene rings is 1. The molecular formula is C19H18FN3OS. The van der Waals surface area contributed by atoms with Gasteiger partial charge in [-0.15, -0.1) is 11.3 Å². The zero-order valence-corrected chi connectivity index (χ0v) is 14.9. The smallest absolute Gasteiger partial charge is 0.262 e. The summed E-state index contributed by atoms with van der Waals surface area (Å²) < 4.78 is 14.9. The van der Waals surface area contributed by atoms with Crippen molar-refractivity contribution < 1.29 is 4.39 Å². The van der Waals surface area contributed by atoms with Crippen LogP contribution in [0.3, 0.4) is 0 Å². The molecule has 6 heteroatoms. The van der Waals surface area contributed by atoms with Crippen molar-refractivity contribution >= 4 is 21.6 Å². The Bertz CT molecular complexity index is 996. The lowest BCUT2D eigenvalue weighted by Gasteiger charge is -2.14. The fourth-order valence-corrected chi connectivity index (χ4v) is 3.80. The van der Waals surface area contributed by atoms with E-state index in [0.717, 1.165) is 17.0 Å². The Kier molecular flexibility index (Phi) is 4.95. The number of nitrogens with zero attached hydrogens (tertiary/aromatic N) is 3. The zero-order valence-electron chi connectivity index (χ0n) is 14.1. The van der Waals surface area contributed by atoms with Crippen LogP contribution < -0.4 is 5.56 Å². The second-order valence-corrected chi connectivity index (χ2v) is 7.04. The van der Waals surface area contributed by atoms with Crippen LogP contribution in [0.15, 0.2) is 34.4 Å². The molecule has 0 N–H and O–H groups in total. The van der Waals surface area contributed by atoms with E-state index >= 15 is 0 Å². The Morgan fingerprint density at radius 1 is 1.32 bits per heavy atom. The highest BCUT2D eigenvalue weighted by Gasteiger charge is 2.18. The molecule has 0 aliphatic rings. The van der Waals surface area contributed by atoms with Crippen molar-refractivity contribution in [2.45, 2.75) is 39.2 Å². The zero-order chi connectivity index (χ0) is 18.0. The average Bonchev–Trinajstić information content (AvgIpc) is 3.01. The lowest BCUT2D eigenvalue weighted by atomic mass is 10.1. The second kappa shape index (κ2) is 7.16. The molecule has 0 aliphatic carbocycles. The Morgan fingerprint density at radius 2 is 2.04 bits per heavy atom. The van der Waals surface area contributed by atoms with E-state index in [1.165, 1.54) is 23.5 Å². The fourth-order valence-electron chi connectivity index (χ4n) is 2.86. The first-order chi connectivity index (χ1) is 12.0. The van der Waals surface area contributed by atoms with Crippen LogP contribution in [0.25, 0.3) is 21.3 Å². The van der Waals surface area contributed by atoms with Crippen LogP contribution in [0.1, 0.15) is 38.4 Å². The number of fused-ring (bicyclic) bond motifs is 1. The third-order valence-electron chi connectivity index (χ3n) is 4.07. The van der Waals surface area contributed by atoms with Crippen LogP contribution >= 0.6 is 11.3 Å². The predicted molar refractivity (Wildman–Crippen MR) is 98.2 cm³/mol. The molecule has 0 saturated heterocycles. The maximum absolute atomic E-state index is 13.2. The summed E-state index contributed by atoms with van der Waals surface area (Å²) in [6.45, 7) is 4.48. The molecule has 2 aromatic heterocycles. The summed E-state index contributed by atoms with van der Waals surface area (Å²) >= 11 is 1.43. The third kappa shape index (κ3) is 3.33. The monoisotopic (exact) mass is 355 g/mol. The van der Waals surface area contributed by atoms with E-state index in [1.54, 1.807) is 16.7 Å². The van der Waals surface area contributed by atoms with Gasteiger partial charge in [-0.1, -0.05) is 26.0 Å². The van der Waals surface area contributed by atoms with Gasteiger partial charge in [0.15, 0.2) is 0 Å². The Labute approximate surface area is 149 Å². The molecule has 2 heterocycles. The molecule has 0 fully saturated rings. The molecule has 1 aromatic carbocycles. The van der Waals surface area contributed by atoms with E-state index in [-0.39, 0.29) is 17.3 Å². The average molecular weight is 355 g/mol. The van der Waals surface area contributed by atoms with E-state index in [4.69, 9.17) is 10.2 Å². The van der Waals surface area contributed by atoms with Crippen LogP contribution in [0.2, 0.25) is 0 Å². The van der Waals surface area contributed by atoms with Gasteiger partial charge < -0.3 is 0 Å². The third-order valence-corrected chi connectivity index (χ3v) is 4.94. The number of hydrogen-bond donors (Lipinski definition) is 0. The molecule has 3 rings (SSSR count). The molecular weight excluding hydrogens is 337 g/mol. The number of halogens is 1. The maximum Gasteiger partial charge on any atom is 0.262 e. The Balaban J connectivity index is 2.20. The van der Waals surface area contributed by atoms with Crippen molar-refractivity contribution in [2.75, 3.05) is 0 Å². The van der Waals surface area contributed by atoms with Gasteiger partial charge in [-0.25, -0.2) is 9.37 Å². The standard InChI is InChI=1S/C19H18FN3OS/c1-12(2)17-22-18-16(19(24)23(17)10-4-3-9-21)15(11-25-18)13-5-7-14(20)8-6-13/h5-8,11-12H,3-4,10H2,1-2H3. The van der Waals surface area contributed by atoms with E-state index in [2.05, 4.69) is 6.07 Å². The summed E-state index contributed by atoms with van der Waals surface area (Å²) in [5, 5.41) is 11.2. The van der Waals surface area contributed by atoms with Gasteiger partial charge in [-0.2, -0.15) is 5.26 Å². The van der Waals surface area contributed by atoms with E-state index < -0.39 is 0 Å². The molecule has 25 heavy (non-hydrogen) atoms. The lowest BCUT2D eigenvalue weighted by molar-refractivity contribution is 0.568. The van der Waals surface area contributed by atoms with Gasteiger partial charge in [0.2, 0.25) is 0 Å². The molecule has 4 nitrogen and oxygen atoms in total. The van der Waals surface area contributed by atoms with Crippen LogP contribution in [0.5, 0.6) is 0 Å². The normalized spacial score (nSPS) is 11.2. The van der Waals surface area contributed by atoms with Crippen LogP contribution in [0, 0.1) is 17.1 Å². The number of aromatic nitrogens is 2. The van der Waals surface area contributed by atoms with Gasteiger partial charge in [0, 0.05) is 29.8 Å². The number of hydrogen-bond acceptors (Lipinski definition) is 4. The van der Waals surface area contributed by atoms with Crippen molar-refractivity contribution in [2.24, 2.45) is 0 Å². The summed E-state index contributed by atoms with van der Waals surface area (Å²) in [5.74, 6) is 0.538. The van der Waals surface area contributed by atoms with Crippen LogP contribution in [-0.4, -0.2) is 9.55 Å². The first-order valence-corrected chi connectivity index (χ1v) is 9.05. The minimum Gasteiger partial charge on any atom is -0.296 e. The number of thiophene rings is 1. The van der Waals surface area contributed by atoms with Gasteiger partial charge in [-0.3, -0.25) is 9.36 Å². The maximum atomic E-state index is 13.2. The molecule has 0 radical (unpaired) electrons. The highest BCUT2D eigenvalue weighted by molar-refractivity contribution is 7.17. The minimum atomic E-state index is -0.308. The van der Waals surface area contributed by atoms with Gasteiger partial charge in [0.25, 0.3) is 5.56 Å². The van der Waals surface area contributed by atoms with Crippen molar-refractivity contribution in [1.82, 2.24) is 9.55 Å². The summed E-state index contributed by atoms with van der Waals surface area (Å²) in [6, 6.07) is 8.24. The van der Waals surface area contributed by atoms with Crippen LogP contribution in [-0.2, 0) is 6.54 Å². The molecule has 0 atom stereocenters. The van der Waals surface area contributed by atoms with Crippen molar-refractivity contribution in [3.05, 3.63) is 51.6 Å². The van der Waals surface area contributed by atoms with E-state index in [1.807, 2.05) is 19.2 Å². The van der Waals surface area contributed by atoms with Gasteiger partial charge in [0.1, 0.15) is 16.5 Å². The van der Waals surface area contributed by atoms with Crippen molar-refractivity contribution in [1.29, 1.82) is 5.26 Å².